The molecule has 2 aliphatic rings. The van der Waals surface area contributed by atoms with Crippen LogP contribution in [0, 0.1) is 5.92 Å². The van der Waals surface area contributed by atoms with E-state index in [0.717, 1.165) is 38.5 Å². The van der Waals surface area contributed by atoms with Crippen molar-refractivity contribution in [3.05, 3.63) is 35.7 Å². The lowest BCUT2D eigenvalue weighted by Crippen LogP contribution is -2.39. The minimum Gasteiger partial charge on any atom is -0.408 e. The molecule has 4 rings (SSSR count). The Morgan fingerprint density at radius 1 is 1.07 bits per heavy atom. The van der Waals surface area contributed by atoms with Crippen LogP contribution in [0.5, 0.6) is 0 Å². The van der Waals surface area contributed by atoms with E-state index in [0.29, 0.717) is 30.5 Å². The van der Waals surface area contributed by atoms with E-state index in [1.807, 2.05) is 0 Å². The van der Waals surface area contributed by atoms with Gasteiger partial charge < -0.3 is 4.42 Å². The van der Waals surface area contributed by atoms with Crippen molar-refractivity contribution in [1.29, 1.82) is 0 Å². The van der Waals surface area contributed by atoms with Crippen molar-refractivity contribution in [1.82, 2.24) is 14.5 Å². The lowest BCUT2D eigenvalue weighted by Gasteiger charge is -2.30. The van der Waals surface area contributed by atoms with E-state index in [4.69, 9.17) is 4.42 Å². The van der Waals surface area contributed by atoms with Crippen LogP contribution in [0.2, 0.25) is 0 Å². The number of benzene rings is 1. The van der Waals surface area contributed by atoms with E-state index in [1.54, 1.807) is 0 Å². The summed E-state index contributed by atoms with van der Waals surface area (Å²) in [5.74, 6) is 0.775. The summed E-state index contributed by atoms with van der Waals surface area (Å²) >= 11 is 0. The summed E-state index contributed by atoms with van der Waals surface area (Å²) in [5, 5.41) is 10.6. The number of amides is 1. The molecule has 1 aromatic carbocycles. The molecular weight excluding hydrogens is 404 g/mol. The van der Waals surface area contributed by atoms with Crippen LogP contribution < -0.4 is 5.32 Å². The number of carbonyl (C=O) groups excluding carboxylic acids is 1. The molecule has 1 aliphatic carbocycles. The van der Waals surface area contributed by atoms with Gasteiger partial charge in [0.15, 0.2) is 0 Å². The molecule has 30 heavy (non-hydrogen) atoms. The molecule has 1 amide bonds. The predicted molar refractivity (Wildman–Crippen MR) is 112 cm³/mol. The largest absolute Gasteiger partial charge is 0.408 e. The Morgan fingerprint density at radius 3 is 2.50 bits per heavy atom. The second kappa shape index (κ2) is 8.85. The number of carbonyl (C=O) groups is 1. The summed E-state index contributed by atoms with van der Waals surface area (Å²) < 4.78 is 32.9. The average molecular weight is 433 g/mol. The van der Waals surface area contributed by atoms with Crippen LogP contribution in [-0.2, 0) is 10.0 Å². The second-order valence-corrected chi connectivity index (χ2v) is 10.3. The van der Waals surface area contributed by atoms with Gasteiger partial charge in [-0.15, -0.1) is 5.10 Å². The third kappa shape index (κ3) is 4.57. The molecule has 0 spiro atoms. The van der Waals surface area contributed by atoms with E-state index < -0.39 is 15.9 Å². The molecule has 1 saturated heterocycles. The Kier molecular flexibility index (Phi) is 6.19. The van der Waals surface area contributed by atoms with Crippen molar-refractivity contribution in [2.45, 2.75) is 62.7 Å². The highest BCUT2D eigenvalue weighted by Crippen LogP contribution is 2.32. The Bertz CT molecular complexity index is 981. The van der Waals surface area contributed by atoms with Crippen LogP contribution in [-0.4, -0.2) is 41.9 Å². The Labute approximate surface area is 177 Å². The van der Waals surface area contributed by atoms with Crippen LogP contribution in [0.15, 0.2) is 33.6 Å². The van der Waals surface area contributed by atoms with Gasteiger partial charge in [0.2, 0.25) is 15.9 Å². The van der Waals surface area contributed by atoms with Crippen molar-refractivity contribution in [2.75, 3.05) is 18.4 Å². The third-order valence-electron chi connectivity index (χ3n) is 5.99. The number of hydrogen-bond acceptors (Lipinski definition) is 6. The highest BCUT2D eigenvalue weighted by Gasteiger charge is 2.29. The first-order valence-electron chi connectivity index (χ1n) is 10.7. The van der Waals surface area contributed by atoms with E-state index in [1.165, 1.54) is 35.0 Å². The van der Waals surface area contributed by atoms with Gasteiger partial charge in [-0.3, -0.25) is 10.1 Å². The van der Waals surface area contributed by atoms with Gasteiger partial charge in [0.1, 0.15) is 0 Å². The molecule has 162 valence electrons. The maximum atomic E-state index is 12.9. The number of sulfonamides is 1. The predicted octanol–water partition coefficient (Wildman–Crippen LogP) is 3.79. The molecule has 1 N–H and O–H groups in total. The molecule has 1 saturated carbocycles. The average Bonchev–Trinajstić information content (AvgIpc) is 3.23. The van der Waals surface area contributed by atoms with E-state index in [-0.39, 0.29) is 16.8 Å². The van der Waals surface area contributed by atoms with Gasteiger partial charge in [-0.2, -0.15) is 4.31 Å². The molecule has 0 radical (unpaired) electrons. The standard InChI is InChI=1S/C21H28N4O4S/c1-15-6-5-13-25(14-15)30(27,28)18-11-9-16(10-12-18)19(26)22-21-24-23-20(29-21)17-7-3-2-4-8-17/h9-12,15,17H,2-8,13-14H2,1H3,(H,22,24,26). The first-order valence-corrected chi connectivity index (χ1v) is 12.1. The van der Waals surface area contributed by atoms with Gasteiger partial charge in [-0.25, -0.2) is 8.42 Å². The van der Waals surface area contributed by atoms with E-state index in [9.17, 15) is 13.2 Å². The van der Waals surface area contributed by atoms with Crippen molar-refractivity contribution >= 4 is 21.9 Å². The van der Waals surface area contributed by atoms with Crippen LogP contribution in [0.3, 0.4) is 0 Å². The number of nitrogens with one attached hydrogen (secondary N) is 1. The zero-order valence-electron chi connectivity index (χ0n) is 17.2. The smallest absolute Gasteiger partial charge is 0.322 e. The topological polar surface area (TPSA) is 105 Å². The molecule has 1 aromatic heterocycles. The Hall–Kier alpha value is -2.26. The number of piperidine rings is 1. The van der Waals surface area contributed by atoms with E-state index >= 15 is 0 Å². The molecule has 2 fully saturated rings. The quantitative estimate of drug-likeness (QED) is 0.771. The van der Waals surface area contributed by atoms with Crippen LogP contribution >= 0.6 is 0 Å². The number of hydrogen-bond donors (Lipinski definition) is 1. The summed E-state index contributed by atoms with van der Waals surface area (Å²) in [6, 6.07) is 6.04. The molecule has 0 bridgehead atoms. The van der Waals surface area contributed by atoms with Crippen LogP contribution in [0.25, 0.3) is 0 Å². The molecule has 2 aromatic rings. The molecule has 2 heterocycles. The van der Waals surface area contributed by atoms with Crippen molar-refractivity contribution < 1.29 is 17.6 Å². The van der Waals surface area contributed by atoms with Gasteiger partial charge in [0, 0.05) is 24.6 Å². The fourth-order valence-electron chi connectivity index (χ4n) is 4.26. The summed E-state index contributed by atoms with van der Waals surface area (Å²) in [7, 11) is -3.54. The number of aromatic nitrogens is 2. The summed E-state index contributed by atoms with van der Waals surface area (Å²) in [6.07, 6.45) is 7.51. The highest BCUT2D eigenvalue weighted by molar-refractivity contribution is 7.89. The molecule has 9 heteroatoms. The minimum atomic E-state index is -3.54. The Morgan fingerprint density at radius 2 is 1.80 bits per heavy atom. The van der Waals surface area contributed by atoms with Crippen molar-refractivity contribution in [2.24, 2.45) is 5.92 Å². The van der Waals surface area contributed by atoms with Gasteiger partial charge in [0.05, 0.1) is 4.90 Å². The molecule has 1 aliphatic heterocycles. The van der Waals surface area contributed by atoms with Crippen molar-refractivity contribution in [3.63, 3.8) is 0 Å². The fourth-order valence-corrected chi connectivity index (χ4v) is 5.86. The fraction of sp³-hybridized carbons (Fsp3) is 0.571. The maximum absolute atomic E-state index is 12.9. The zero-order valence-corrected chi connectivity index (χ0v) is 18.0. The number of rotatable bonds is 5. The first-order chi connectivity index (χ1) is 14.4. The van der Waals surface area contributed by atoms with Gasteiger partial charge in [-0.1, -0.05) is 31.3 Å². The highest BCUT2D eigenvalue weighted by atomic mass is 32.2. The Balaban J connectivity index is 1.41. The first kappa shape index (κ1) is 21.0. The number of anilines is 1. The molecule has 1 atom stereocenters. The molecule has 1 unspecified atom stereocenters. The van der Waals surface area contributed by atoms with Crippen molar-refractivity contribution in [3.8, 4) is 0 Å². The van der Waals surface area contributed by atoms with E-state index in [2.05, 4.69) is 22.4 Å². The van der Waals surface area contributed by atoms with Gasteiger partial charge in [0.25, 0.3) is 5.91 Å². The lowest BCUT2D eigenvalue weighted by atomic mass is 9.89. The maximum Gasteiger partial charge on any atom is 0.322 e. The normalized spacial score (nSPS) is 21.4. The number of nitrogens with zero attached hydrogens (tertiary/aromatic N) is 3. The van der Waals surface area contributed by atoms with Crippen LogP contribution in [0.1, 0.15) is 74.0 Å². The van der Waals surface area contributed by atoms with Crippen LogP contribution in [0.4, 0.5) is 6.01 Å². The molecular formula is C21H28N4O4S. The summed E-state index contributed by atoms with van der Waals surface area (Å²) in [4.78, 5) is 12.7. The lowest BCUT2D eigenvalue weighted by molar-refractivity contribution is 0.102. The summed E-state index contributed by atoms with van der Waals surface area (Å²) in [6.45, 7) is 3.13. The third-order valence-corrected chi connectivity index (χ3v) is 7.87. The van der Waals surface area contributed by atoms with Gasteiger partial charge in [-0.05, 0) is 55.9 Å². The minimum absolute atomic E-state index is 0.0691. The monoisotopic (exact) mass is 432 g/mol. The summed E-state index contributed by atoms with van der Waals surface area (Å²) in [5.41, 5.74) is 0.332. The van der Waals surface area contributed by atoms with Gasteiger partial charge >= 0.3 is 6.01 Å². The zero-order chi connectivity index (χ0) is 21.1. The second-order valence-electron chi connectivity index (χ2n) is 8.37. The SMILES string of the molecule is CC1CCCN(S(=O)(=O)c2ccc(C(=O)Nc3nnc(C4CCCCC4)o3)cc2)C1. The molecule has 8 nitrogen and oxygen atoms in total.